The molecule has 0 aromatic heterocycles. The molecule has 406 valence electrons. The quantitative estimate of drug-likeness (QED) is 0.0314. The van der Waals surface area contributed by atoms with Gasteiger partial charge in [-0.25, -0.2) is 0 Å². The molecule has 19 heteroatoms. The number of hydrogen-bond donors (Lipinski definition) is 12. The molecule has 0 bridgehead atoms. The van der Waals surface area contributed by atoms with Gasteiger partial charge in [0.05, 0.1) is 38.6 Å². The molecule has 12 N–H and O–H groups in total. The van der Waals surface area contributed by atoms with E-state index in [2.05, 4.69) is 19.2 Å². The molecule has 3 fully saturated rings. The van der Waals surface area contributed by atoms with Crippen LogP contribution in [0.3, 0.4) is 0 Å². The number of aliphatic hydroxyl groups excluding tert-OH is 11. The maximum atomic E-state index is 13.1. The molecular formula is C50H93NO18. The first kappa shape index (κ1) is 61.8. The smallest absolute Gasteiger partial charge is 0.220 e. The molecule has 0 radical (unpaired) electrons. The van der Waals surface area contributed by atoms with Crippen LogP contribution < -0.4 is 5.32 Å². The summed E-state index contributed by atoms with van der Waals surface area (Å²) in [7, 11) is 0. The summed E-state index contributed by atoms with van der Waals surface area (Å²) in [5.41, 5.74) is 0. The topological polar surface area (TPSA) is 307 Å². The van der Waals surface area contributed by atoms with E-state index in [1.54, 1.807) is 6.08 Å². The fraction of sp³-hybridized carbons (Fsp3) is 0.940. The minimum atomic E-state index is -1.97. The number of unbranched alkanes of at least 4 members (excludes halogenated alkanes) is 21. The number of ether oxygens (including phenoxy) is 6. The van der Waals surface area contributed by atoms with Crippen molar-refractivity contribution in [3.05, 3.63) is 12.2 Å². The molecule has 17 unspecified atom stereocenters. The van der Waals surface area contributed by atoms with Gasteiger partial charge in [-0.3, -0.25) is 4.79 Å². The zero-order valence-electron chi connectivity index (χ0n) is 41.5. The predicted octanol–water partition coefficient (Wildman–Crippen LogP) is 2.26. The molecule has 3 heterocycles. The fourth-order valence-electron chi connectivity index (χ4n) is 9.13. The number of hydrogen-bond acceptors (Lipinski definition) is 18. The Morgan fingerprint density at radius 1 is 0.507 bits per heavy atom. The van der Waals surface area contributed by atoms with Crippen LogP contribution in [0, 0.1) is 0 Å². The van der Waals surface area contributed by atoms with E-state index in [4.69, 9.17) is 28.4 Å². The van der Waals surface area contributed by atoms with E-state index in [0.29, 0.717) is 6.42 Å². The van der Waals surface area contributed by atoms with Crippen LogP contribution in [0.1, 0.15) is 168 Å². The van der Waals surface area contributed by atoms with Gasteiger partial charge in [0.25, 0.3) is 0 Å². The molecule has 19 nitrogen and oxygen atoms in total. The SMILES string of the molecule is CCCCCCCCCCCCCCCC/C=C/C(O)C(COC1OC(CO)C(OC2OC(CO)C(OC3OC(CO)C(O)C(O)C3O)C(O)C2O)C(O)C1O)NC(=O)CCCCCCCCCC. The molecule has 3 saturated heterocycles. The van der Waals surface area contributed by atoms with Crippen molar-refractivity contribution >= 4 is 5.91 Å². The third-order valence-corrected chi connectivity index (χ3v) is 13.6. The minimum Gasteiger partial charge on any atom is -0.394 e. The minimum absolute atomic E-state index is 0.245. The van der Waals surface area contributed by atoms with Gasteiger partial charge in [0.2, 0.25) is 5.91 Å². The fourth-order valence-corrected chi connectivity index (χ4v) is 9.13. The highest BCUT2D eigenvalue weighted by Gasteiger charge is 2.53. The second-order valence-electron chi connectivity index (χ2n) is 19.3. The Morgan fingerprint density at radius 2 is 0.899 bits per heavy atom. The van der Waals surface area contributed by atoms with Gasteiger partial charge >= 0.3 is 0 Å². The summed E-state index contributed by atoms with van der Waals surface area (Å²) in [5.74, 6) is -0.281. The van der Waals surface area contributed by atoms with Crippen LogP contribution in [0.4, 0.5) is 0 Å². The highest BCUT2D eigenvalue weighted by Crippen LogP contribution is 2.33. The van der Waals surface area contributed by atoms with Gasteiger partial charge < -0.3 is 89.9 Å². The number of carbonyl (C=O) groups excluding carboxylic acids is 1. The number of amides is 1. The van der Waals surface area contributed by atoms with E-state index < -0.39 is 124 Å². The van der Waals surface area contributed by atoms with Crippen molar-refractivity contribution in [2.75, 3.05) is 26.4 Å². The average molecular weight is 996 g/mol. The van der Waals surface area contributed by atoms with Crippen molar-refractivity contribution in [2.24, 2.45) is 0 Å². The molecule has 69 heavy (non-hydrogen) atoms. The summed E-state index contributed by atoms with van der Waals surface area (Å²) in [5, 5.41) is 119. The third kappa shape index (κ3) is 21.5. The zero-order chi connectivity index (χ0) is 50.6. The standard InChI is InChI=1S/C50H93NO18/c1-3-5-7-9-11-13-14-15-16-17-18-19-20-21-23-25-27-34(55)33(51-38(56)28-26-24-22-12-10-8-6-4-2)32-64-48-44(62)41(59)46(36(30-53)66-48)69-50-45(63)42(60)47(37(31-54)67-50)68-49-43(61)40(58)39(57)35(29-52)65-49/h25,27,33-37,39-50,52-55,57-63H,3-24,26,28-32H2,1-2H3,(H,51,56)/b27-25+. The van der Waals surface area contributed by atoms with Crippen molar-refractivity contribution < 1.29 is 89.4 Å². The normalized spacial score (nSPS) is 32.9. The molecule has 0 aliphatic carbocycles. The Kier molecular flexibility index (Phi) is 31.9. The molecule has 0 aromatic carbocycles. The van der Waals surface area contributed by atoms with E-state index in [1.165, 1.54) is 96.3 Å². The Balaban J connectivity index is 1.54. The van der Waals surface area contributed by atoms with Crippen molar-refractivity contribution in [3.8, 4) is 0 Å². The highest BCUT2D eigenvalue weighted by molar-refractivity contribution is 5.76. The van der Waals surface area contributed by atoms with Crippen LogP contribution in [0.25, 0.3) is 0 Å². The van der Waals surface area contributed by atoms with Crippen LogP contribution in [0.15, 0.2) is 12.2 Å². The Bertz CT molecular complexity index is 1330. The van der Waals surface area contributed by atoms with E-state index in [1.807, 2.05) is 6.08 Å². The van der Waals surface area contributed by atoms with Crippen molar-refractivity contribution in [1.82, 2.24) is 5.32 Å². The third-order valence-electron chi connectivity index (χ3n) is 13.6. The van der Waals surface area contributed by atoms with Crippen molar-refractivity contribution in [2.45, 2.75) is 272 Å². The van der Waals surface area contributed by atoms with Crippen LogP contribution in [-0.4, -0.2) is 193 Å². The largest absolute Gasteiger partial charge is 0.394 e. The molecule has 3 aliphatic rings. The van der Waals surface area contributed by atoms with E-state index in [-0.39, 0.29) is 18.9 Å². The van der Waals surface area contributed by atoms with Gasteiger partial charge in [-0.05, 0) is 19.3 Å². The first-order valence-corrected chi connectivity index (χ1v) is 26.4. The van der Waals surface area contributed by atoms with Gasteiger partial charge in [-0.2, -0.15) is 0 Å². The van der Waals surface area contributed by atoms with Crippen LogP contribution in [0.2, 0.25) is 0 Å². The summed E-state index contributed by atoms with van der Waals surface area (Å²) in [6.45, 7) is 1.65. The van der Waals surface area contributed by atoms with E-state index in [9.17, 15) is 61.0 Å². The maximum Gasteiger partial charge on any atom is 0.220 e. The first-order valence-electron chi connectivity index (χ1n) is 26.4. The molecule has 0 aromatic rings. The summed E-state index contributed by atoms with van der Waals surface area (Å²) >= 11 is 0. The number of carbonyl (C=O) groups is 1. The monoisotopic (exact) mass is 996 g/mol. The van der Waals surface area contributed by atoms with E-state index >= 15 is 0 Å². The molecule has 0 saturated carbocycles. The Hall–Kier alpha value is -1.47. The maximum absolute atomic E-state index is 13.1. The van der Waals surface area contributed by atoms with Crippen LogP contribution in [-0.2, 0) is 33.2 Å². The molecule has 1 amide bonds. The molecule has 17 atom stereocenters. The lowest BCUT2D eigenvalue weighted by Gasteiger charge is -2.48. The van der Waals surface area contributed by atoms with Crippen molar-refractivity contribution in [3.63, 3.8) is 0 Å². The zero-order valence-corrected chi connectivity index (χ0v) is 41.5. The Labute approximate surface area is 410 Å². The average Bonchev–Trinajstić information content (AvgIpc) is 3.34. The molecular weight excluding hydrogens is 903 g/mol. The van der Waals surface area contributed by atoms with E-state index in [0.717, 1.165) is 44.9 Å². The predicted molar refractivity (Wildman–Crippen MR) is 254 cm³/mol. The lowest BCUT2D eigenvalue weighted by atomic mass is 9.96. The van der Waals surface area contributed by atoms with Gasteiger partial charge in [0.15, 0.2) is 18.9 Å². The van der Waals surface area contributed by atoms with Gasteiger partial charge in [-0.15, -0.1) is 0 Å². The summed E-state index contributed by atoms with van der Waals surface area (Å²) in [6.07, 6.45) is 3.74. The Morgan fingerprint density at radius 3 is 1.36 bits per heavy atom. The summed E-state index contributed by atoms with van der Waals surface area (Å²) < 4.78 is 34.1. The lowest BCUT2D eigenvalue weighted by Crippen LogP contribution is -2.66. The van der Waals surface area contributed by atoms with Gasteiger partial charge in [0.1, 0.15) is 73.2 Å². The second-order valence-corrected chi connectivity index (χ2v) is 19.3. The van der Waals surface area contributed by atoms with Gasteiger partial charge in [-0.1, -0.05) is 154 Å². The van der Waals surface area contributed by atoms with Crippen LogP contribution in [0.5, 0.6) is 0 Å². The molecule has 3 aliphatic heterocycles. The second kappa shape index (κ2) is 35.6. The number of nitrogens with one attached hydrogen (secondary N) is 1. The number of allylic oxidation sites excluding steroid dienone is 1. The summed E-state index contributed by atoms with van der Waals surface area (Å²) in [4.78, 5) is 13.1. The number of aliphatic hydroxyl groups is 11. The molecule has 0 spiro atoms. The lowest BCUT2D eigenvalue weighted by molar-refractivity contribution is -0.379. The van der Waals surface area contributed by atoms with Crippen molar-refractivity contribution in [1.29, 1.82) is 0 Å². The number of rotatable bonds is 37. The van der Waals surface area contributed by atoms with Crippen LogP contribution >= 0.6 is 0 Å². The highest BCUT2D eigenvalue weighted by atomic mass is 16.8. The summed E-state index contributed by atoms with van der Waals surface area (Å²) in [6, 6.07) is -0.963. The van der Waals surface area contributed by atoms with Gasteiger partial charge in [0, 0.05) is 6.42 Å². The molecule has 3 rings (SSSR count). The first-order chi connectivity index (χ1) is 33.3.